The van der Waals surface area contributed by atoms with Gasteiger partial charge in [0.1, 0.15) is 11.7 Å². The summed E-state index contributed by atoms with van der Waals surface area (Å²) in [4.78, 5) is 41.4. The van der Waals surface area contributed by atoms with Gasteiger partial charge in [-0.25, -0.2) is 0 Å². The van der Waals surface area contributed by atoms with Crippen LogP contribution in [0.2, 0.25) is 5.02 Å². The normalized spacial score (nSPS) is 21.2. The van der Waals surface area contributed by atoms with E-state index in [0.29, 0.717) is 41.5 Å². The highest BCUT2D eigenvalue weighted by atomic mass is 35.5. The number of thiol groups is 1. The Morgan fingerprint density at radius 2 is 2.00 bits per heavy atom. The third-order valence-corrected chi connectivity index (χ3v) is 7.09. The van der Waals surface area contributed by atoms with Crippen LogP contribution in [0.25, 0.3) is 10.9 Å². The summed E-state index contributed by atoms with van der Waals surface area (Å²) in [6.07, 6.45) is 4.69. The first kappa shape index (κ1) is 23.9. The zero-order valence-electron chi connectivity index (χ0n) is 18.3. The van der Waals surface area contributed by atoms with Gasteiger partial charge in [0, 0.05) is 17.8 Å². The maximum absolute atomic E-state index is 13.2. The Morgan fingerprint density at radius 1 is 1.21 bits per heavy atom. The molecule has 33 heavy (non-hydrogen) atoms. The first-order chi connectivity index (χ1) is 15.8. The van der Waals surface area contributed by atoms with Gasteiger partial charge in [-0.2, -0.15) is 12.6 Å². The first-order valence-electron chi connectivity index (χ1n) is 11.4. The highest BCUT2D eigenvalue weighted by molar-refractivity contribution is 7.80. The monoisotopic (exact) mass is 491 g/mol. The number of aromatic amines is 1. The van der Waals surface area contributed by atoms with Crippen LogP contribution in [0.5, 0.6) is 0 Å². The Labute approximate surface area is 203 Å². The minimum absolute atomic E-state index is 0.0187. The fraction of sp³-hybridized carbons (Fsp3) is 0.522. The number of para-hydroxylation sites is 1. The Balaban J connectivity index is 1.44. The topological polar surface area (TPSA) is 129 Å². The van der Waals surface area contributed by atoms with Crippen LogP contribution < -0.4 is 21.7 Å². The molecule has 0 unspecified atom stereocenters. The van der Waals surface area contributed by atoms with Gasteiger partial charge in [0.15, 0.2) is 0 Å². The van der Waals surface area contributed by atoms with Gasteiger partial charge >= 0.3 is 0 Å². The Hall–Kier alpha value is -2.23. The predicted octanol–water partition coefficient (Wildman–Crippen LogP) is 2.34. The molecule has 1 saturated carbocycles. The zero-order valence-corrected chi connectivity index (χ0v) is 19.9. The quantitative estimate of drug-likeness (QED) is 0.237. The number of benzene rings is 1. The Morgan fingerprint density at radius 3 is 2.67 bits per heavy atom. The van der Waals surface area contributed by atoms with Crippen molar-refractivity contribution in [3.63, 3.8) is 0 Å². The lowest BCUT2D eigenvalue weighted by atomic mass is 9.91. The molecule has 2 heterocycles. The van der Waals surface area contributed by atoms with E-state index in [9.17, 15) is 14.4 Å². The van der Waals surface area contributed by atoms with Crippen LogP contribution >= 0.6 is 24.2 Å². The van der Waals surface area contributed by atoms with Crippen molar-refractivity contribution in [1.82, 2.24) is 20.9 Å². The van der Waals surface area contributed by atoms with Gasteiger partial charge in [0.05, 0.1) is 22.0 Å². The largest absolute Gasteiger partial charge is 0.356 e. The number of aromatic nitrogens is 1. The van der Waals surface area contributed by atoms with Crippen LogP contribution in [0.4, 0.5) is 0 Å². The van der Waals surface area contributed by atoms with Crippen LogP contribution in [0, 0.1) is 11.8 Å². The number of carbonyl (C=O) groups excluding carboxylic acids is 3. The summed E-state index contributed by atoms with van der Waals surface area (Å²) in [7, 11) is 0. The molecule has 3 amide bonds. The fourth-order valence-corrected chi connectivity index (χ4v) is 4.76. The smallest absolute Gasteiger partial charge is 0.268 e. The van der Waals surface area contributed by atoms with Crippen LogP contribution in [-0.4, -0.2) is 46.7 Å². The number of hydrogen-bond donors (Lipinski definition) is 6. The summed E-state index contributed by atoms with van der Waals surface area (Å²) in [6.45, 7) is 0.674. The van der Waals surface area contributed by atoms with Crippen molar-refractivity contribution in [2.75, 3.05) is 6.54 Å². The van der Waals surface area contributed by atoms with Crippen molar-refractivity contribution in [2.24, 2.45) is 17.6 Å². The Kier molecular flexibility index (Phi) is 7.51. The van der Waals surface area contributed by atoms with E-state index in [1.165, 1.54) is 0 Å². The van der Waals surface area contributed by atoms with Gasteiger partial charge in [0.2, 0.25) is 11.8 Å². The standard InChI is InChI=1S/C23H30ClN5O3S/c24-15-5-1-3-13-10-18(27-19(13)15)23(32)29-17(9-12-6-7-12)22(31)28-16(20(25)33)11-14-4-2-8-26-21(14)30/h1,3,5,10,12,14,16-17,20,27,33H,2,4,6-9,11,25H2,(H,26,30)(H,28,31)(H,29,32)/t14-,16-,17-,20-/m0/s1. The SMILES string of the molecule is N[C@@H](S)[C@H](C[C@@H]1CCCNC1=O)NC(=O)[C@H](CC1CC1)NC(=O)c1cc2cccc(Cl)c2[nH]1. The van der Waals surface area contributed by atoms with E-state index < -0.39 is 17.5 Å². The molecule has 2 aliphatic rings. The fourth-order valence-electron chi connectivity index (χ4n) is 4.33. The lowest BCUT2D eigenvalue weighted by Gasteiger charge is -2.30. The summed E-state index contributed by atoms with van der Waals surface area (Å²) in [5.41, 5.74) is 7.04. The molecular weight excluding hydrogens is 462 g/mol. The van der Waals surface area contributed by atoms with Gasteiger partial charge in [-0.3, -0.25) is 14.4 Å². The number of carbonyl (C=O) groups is 3. The minimum Gasteiger partial charge on any atom is -0.356 e. The van der Waals surface area contributed by atoms with E-state index in [-0.39, 0.29) is 23.6 Å². The summed E-state index contributed by atoms with van der Waals surface area (Å²) in [5.74, 6) is -0.508. The molecule has 1 aliphatic heterocycles. The molecular formula is C23H30ClN5O3S. The van der Waals surface area contributed by atoms with Crippen LogP contribution in [0.1, 0.15) is 49.0 Å². The maximum Gasteiger partial charge on any atom is 0.268 e. The number of nitrogens with two attached hydrogens (primary N) is 1. The molecule has 10 heteroatoms. The van der Waals surface area contributed by atoms with E-state index in [1.54, 1.807) is 12.1 Å². The number of rotatable bonds is 9. The minimum atomic E-state index is -0.707. The van der Waals surface area contributed by atoms with E-state index in [4.69, 9.17) is 17.3 Å². The molecule has 0 radical (unpaired) electrons. The molecule has 2 aromatic rings. The molecule has 0 bridgehead atoms. The average molecular weight is 492 g/mol. The first-order valence-corrected chi connectivity index (χ1v) is 12.3. The lowest BCUT2D eigenvalue weighted by molar-refractivity contribution is -0.128. The van der Waals surface area contributed by atoms with Gasteiger partial charge < -0.3 is 26.7 Å². The third kappa shape index (κ3) is 6.02. The number of hydrogen-bond acceptors (Lipinski definition) is 5. The second-order valence-electron chi connectivity index (χ2n) is 9.06. The number of piperidine rings is 1. The van der Waals surface area contributed by atoms with E-state index >= 15 is 0 Å². The molecule has 1 saturated heterocycles. The average Bonchev–Trinajstić information content (AvgIpc) is 3.48. The lowest BCUT2D eigenvalue weighted by Crippen LogP contribution is -2.54. The zero-order chi connectivity index (χ0) is 23.5. The molecule has 0 spiro atoms. The summed E-state index contributed by atoms with van der Waals surface area (Å²) in [5, 5.41) is 9.39. The molecule has 178 valence electrons. The number of amides is 3. The van der Waals surface area contributed by atoms with E-state index in [1.807, 2.05) is 12.1 Å². The van der Waals surface area contributed by atoms with Gasteiger partial charge in [-0.1, -0.05) is 36.6 Å². The Bertz CT molecular complexity index is 1040. The van der Waals surface area contributed by atoms with Crippen LogP contribution in [0.3, 0.4) is 0 Å². The predicted molar refractivity (Wildman–Crippen MR) is 131 cm³/mol. The number of nitrogens with one attached hydrogen (secondary N) is 4. The molecule has 8 nitrogen and oxygen atoms in total. The molecule has 1 aromatic heterocycles. The van der Waals surface area contributed by atoms with Crippen molar-refractivity contribution >= 4 is 52.9 Å². The molecule has 1 aromatic carbocycles. The van der Waals surface area contributed by atoms with E-state index in [0.717, 1.165) is 31.1 Å². The summed E-state index contributed by atoms with van der Waals surface area (Å²) in [6, 6.07) is 5.96. The van der Waals surface area contributed by atoms with Gasteiger partial charge in [-0.05, 0) is 43.7 Å². The molecule has 2 fully saturated rings. The summed E-state index contributed by atoms with van der Waals surface area (Å²) >= 11 is 10.6. The molecule has 1 aliphatic carbocycles. The van der Waals surface area contributed by atoms with Crippen molar-refractivity contribution in [3.05, 3.63) is 35.0 Å². The van der Waals surface area contributed by atoms with Crippen molar-refractivity contribution < 1.29 is 14.4 Å². The summed E-state index contributed by atoms with van der Waals surface area (Å²) < 4.78 is 0. The molecule has 4 rings (SSSR count). The van der Waals surface area contributed by atoms with Crippen LogP contribution in [0.15, 0.2) is 24.3 Å². The second-order valence-corrected chi connectivity index (χ2v) is 10.1. The molecule has 4 atom stereocenters. The second kappa shape index (κ2) is 10.4. The van der Waals surface area contributed by atoms with E-state index in [2.05, 4.69) is 33.6 Å². The molecule has 6 N–H and O–H groups in total. The van der Waals surface area contributed by atoms with Crippen molar-refractivity contribution in [3.8, 4) is 0 Å². The van der Waals surface area contributed by atoms with Crippen molar-refractivity contribution in [2.45, 2.75) is 56.0 Å². The number of halogens is 1. The highest BCUT2D eigenvalue weighted by Gasteiger charge is 2.34. The third-order valence-electron chi connectivity index (χ3n) is 6.42. The maximum atomic E-state index is 13.2. The highest BCUT2D eigenvalue weighted by Crippen LogP contribution is 2.34. The number of fused-ring (bicyclic) bond motifs is 1. The van der Waals surface area contributed by atoms with Gasteiger partial charge in [-0.15, -0.1) is 0 Å². The number of H-pyrrole nitrogens is 1. The van der Waals surface area contributed by atoms with Crippen LogP contribution in [-0.2, 0) is 9.59 Å². The van der Waals surface area contributed by atoms with Crippen molar-refractivity contribution in [1.29, 1.82) is 0 Å². The van der Waals surface area contributed by atoms with Gasteiger partial charge in [0.25, 0.3) is 5.91 Å².